The standard InChI is InChI=1S/C15H15Br4NS/c1-3-4-20-14(10-7-13(18)21-15(10)19)9-6-11(16)8(2)5-12(9)17/h5-7,14,20H,3-4H2,1-2H3. The summed E-state index contributed by atoms with van der Waals surface area (Å²) in [6.07, 6.45) is 1.10. The SMILES string of the molecule is CCCNC(c1cc(Br)c(C)cc1Br)c1cc(Br)sc1Br. The highest BCUT2D eigenvalue weighted by Crippen LogP contribution is 2.40. The summed E-state index contributed by atoms with van der Waals surface area (Å²) in [6.45, 7) is 5.26. The van der Waals surface area contributed by atoms with Crippen molar-refractivity contribution in [3.63, 3.8) is 0 Å². The van der Waals surface area contributed by atoms with Crippen LogP contribution in [0.4, 0.5) is 0 Å². The van der Waals surface area contributed by atoms with Crippen LogP contribution in [0, 0.1) is 6.92 Å². The van der Waals surface area contributed by atoms with E-state index in [1.54, 1.807) is 11.3 Å². The van der Waals surface area contributed by atoms with Gasteiger partial charge in [0, 0.05) is 8.95 Å². The summed E-state index contributed by atoms with van der Waals surface area (Å²) in [5.74, 6) is 0. The maximum absolute atomic E-state index is 3.72. The van der Waals surface area contributed by atoms with Crippen LogP contribution in [0.1, 0.15) is 36.1 Å². The van der Waals surface area contributed by atoms with E-state index in [0.717, 1.165) is 29.5 Å². The zero-order chi connectivity index (χ0) is 15.6. The second-order valence-electron chi connectivity index (χ2n) is 4.79. The van der Waals surface area contributed by atoms with Gasteiger partial charge in [-0.15, -0.1) is 11.3 Å². The molecule has 0 radical (unpaired) electrons. The van der Waals surface area contributed by atoms with Crippen LogP contribution in [0.5, 0.6) is 0 Å². The molecule has 0 aliphatic carbocycles. The average molecular weight is 561 g/mol. The van der Waals surface area contributed by atoms with Crippen molar-refractivity contribution in [3.8, 4) is 0 Å². The Morgan fingerprint density at radius 2 is 1.76 bits per heavy atom. The molecule has 0 amide bonds. The van der Waals surface area contributed by atoms with E-state index in [4.69, 9.17) is 0 Å². The van der Waals surface area contributed by atoms with E-state index in [-0.39, 0.29) is 6.04 Å². The number of thiophene rings is 1. The molecule has 114 valence electrons. The summed E-state index contributed by atoms with van der Waals surface area (Å²) in [4.78, 5) is 0. The van der Waals surface area contributed by atoms with Crippen molar-refractivity contribution in [3.05, 3.63) is 51.4 Å². The van der Waals surface area contributed by atoms with Gasteiger partial charge in [-0.1, -0.05) is 38.8 Å². The molecule has 2 aromatic rings. The number of aryl methyl sites for hydroxylation is 1. The Hall–Kier alpha value is 0.800. The van der Waals surface area contributed by atoms with Crippen molar-refractivity contribution >= 4 is 75.1 Å². The minimum atomic E-state index is 0.160. The second kappa shape index (κ2) is 8.06. The van der Waals surface area contributed by atoms with E-state index in [9.17, 15) is 0 Å². The lowest BCUT2D eigenvalue weighted by Crippen LogP contribution is -2.23. The molecule has 0 spiro atoms. The highest BCUT2D eigenvalue weighted by molar-refractivity contribution is 9.12. The van der Waals surface area contributed by atoms with Crippen LogP contribution >= 0.6 is 75.1 Å². The average Bonchev–Trinajstić information content (AvgIpc) is 2.75. The smallest absolute Gasteiger partial charge is 0.0761 e. The number of benzene rings is 1. The van der Waals surface area contributed by atoms with Crippen LogP contribution in [0.25, 0.3) is 0 Å². The molecule has 2 rings (SSSR count). The largest absolute Gasteiger partial charge is 0.306 e. The van der Waals surface area contributed by atoms with Gasteiger partial charge in [0.2, 0.25) is 0 Å². The van der Waals surface area contributed by atoms with Gasteiger partial charge in [-0.25, -0.2) is 0 Å². The molecule has 0 aliphatic rings. The first kappa shape index (κ1) is 18.1. The van der Waals surface area contributed by atoms with Crippen molar-refractivity contribution in [2.24, 2.45) is 0 Å². The van der Waals surface area contributed by atoms with Crippen LogP contribution in [-0.4, -0.2) is 6.54 Å². The van der Waals surface area contributed by atoms with Crippen molar-refractivity contribution in [1.29, 1.82) is 0 Å². The predicted octanol–water partition coefficient (Wildman–Crippen LogP) is 7.20. The van der Waals surface area contributed by atoms with E-state index in [2.05, 4.69) is 101 Å². The number of hydrogen-bond acceptors (Lipinski definition) is 2. The molecule has 1 atom stereocenters. The third-order valence-electron chi connectivity index (χ3n) is 3.18. The molecule has 1 aromatic carbocycles. The zero-order valence-corrected chi connectivity index (χ0v) is 18.8. The van der Waals surface area contributed by atoms with Crippen LogP contribution in [0.15, 0.2) is 34.7 Å². The summed E-state index contributed by atoms with van der Waals surface area (Å²) < 4.78 is 4.56. The van der Waals surface area contributed by atoms with Gasteiger partial charge in [-0.3, -0.25) is 0 Å². The number of rotatable bonds is 5. The van der Waals surface area contributed by atoms with E-state index in [0.29, 0.717) is 0 Å². The zero-order valence-electron chi connectivity index (χ0n) is 11.6. The molecule has 1 nitrogen and oxygen atoms in total. The van der Waals surface area contributed by atoms with Gasteiger partial charge >= 0.3 is 0 Å². The minimum absolute atomic E-state index is 0.160. The Bertz CT molecular complexity index is 639. The summed E-state index contributed by atoms with van der Waals surface area (Å²) in [5, 5.41) is 3.65. The summed E-state index contributed by atoms with van der Waals surface area (Å²) in [7, 11) is 0. The quantitative estimate of drug-likeness (QED) is 0.408. The van der Waals surface area contributed by atoms with Crippen LogP contribution in [0.2, 0.25) is 0 Å². The maximum Gasteiger partial charge on any atom is 0.0761 e. The summed E-state index contributed by atoms with van der Waals surface area (Å²) in [5.41, 5.74) is 3.73. The van der Waals surface area contributed by atoms with Gasteiger partial charge in [0.1, 0.15) is 0 Å². The van der Waals surface area contributed by atoms with Gasteiger partial charge in [0.25, 0.3) is 0 Å². The monoisotopic (exact) mass is 557 g/mol. The first-order valence-corrected chi connectivity index (χ1v) is 10.6. The third-order valence-corrected chi connectivity index (χ3v) is 7.11. The van der Waals surface area contributed by atoms with Gasteiger partial charge in [-0.2, -0.15) is 0 Å². The molecule has 1 N–H and O–H groups in total. The Morgan fingerprint density at radius 1 is 1.05 bits per heavy atom. The summed E-state index contributed by atoms with van der Waals surface area (Å²) in [6, 6.07) is 6.70. The van der Waals surface area contributed by atoms with Gasteiger partial charge in [0.05, 0.1) is 13.6 Å². The van der Waals surface area contributed by atoms with E-state index in [1.807, 2.05) is 0 Å². The normalized spacial score (nSPS) is 12.7. The lowest BCUT2D eigenvalue weighted by atomic mass is 10.00. The first-order chi connectivity index (χ1) is 9.93. The number of halogens is 4. The molecule has 1 unspecified atom stereocenters. The molecular formula is C15H15Br4NS. The van der Waals surface area contributed by atoms with E-state index < -0.39 is 0 Å². The molecule has 0 saturated heterocycles. The molecule has 0 bridgehead atoms. The Kier molecular flexibility index (Phi) is 6.97. The lowest BCUT2D eigenvalue weighted by molar-refractivity contribution is 0.596. The van der Waals surface area contributed by atoms with Crippen molar-refractivity contribution in [2.45, 2.75) is 26.3 Å². The van der Waals surface area contributed by atoms with Crippen molar-refractivity contribution < 1.29 is 0 Å². The topological polar surface area (TPSA) is 12.0 Å². The molecular weight excluding hydrogens is 546 g/mol. The number of nitrogens with one attached hydrogen (secondary N) is 1. The van der Waals surface area contributed by atoms with Gasteiger partial charge < -0.3 is 5.32 Å². The molecule has 0 saturated carbocycles. The van der Waals surface area contributed by atoms with Crippen LogP contribution in [0.3, 0.4) is 0 Å². The molecule has 1 aromatic heterocycles. The molecule has 0 aliphatic heterocycles. The van der Waals surface area contributed by atoms with Crippen LogP contribution in [-0.2, 0) is 0 Å². The fourth-order valence-corrected chi connectivity index (χ4v) is 6.06. The van der Waals surface area contributed by atoms with Crippen LogP contribution < -0.4 is 5.32 Å². The lowest BCUT2D eigenvalue weighted by Gasteiger charge is -2.21. The molecule has 1 heterocycles. The summed E-state index contributed by atoms with van der Waals surface area (Å²) >= 11 is 16.3. The van der Waals surface area contributed by atoms with E-state index in [1.165, 1.54) is 16.7 Å². The molecule has 0 fully saturated rings. The third kappa shape index (κ3) is 4.42. The number of hydrogen-bond donors (Lipinski definition) is 1. The Balaban J connectivity index is 2.50. The van der Waals surface area contributed by atoms with Gasteiger partial charge in [-0.05, 0) is 86.6 Å². The maximum atomic E-state index is 3.72. The molecule has 21 heavy (non-hydrogen) atoms. The predicted molar refractivity (Wildman–Crippen MR) is 106 cm³/mol. The fourth-order valence-electron chi connectivity index (χ4n) is 2.11. The van der Waals surface area contributed by atoms with Gasteiger partial charge in [0.15, 0.2) is 0 Å². The highest BCUT2D eigenvalue weighted by atomic mass is 79.9. The Labute approximate surface area is 163 Å². The first-order valence-electron chi connectivity index (χ1n) is 6.57. The second-order valence-corrected chi connectivity index (χ2v) is 10.2. The fraction of sp³-hybridized carbons (Fsp3) is 0.333. The highest BCUT2D eigenvalue weighted by Gasteiger charge is 2.21. The van der Waals surface area contributed by atoms with Crippen molar-refractivity contribution in [1.82, 2.24) is 5.32 Å². The molecule has 6 heteroatoms. The van der Waals surface area contributed by atoms with Crippen molar-refractivity contribution in [2.75, 3.05) is 6.54 Å². The minimum Gasteiger partial charge on any atom is -0.306 e. The van der Waals surface area contributed by atoms with E-state index >= 15 is 0 Å². The Morgan fingerprint density at radius 3 is 2.33 bits per heavy atom.